The molecule has 1 amide bonds. The van der Waals surface area contributed by atoms with E-state index in [-0.39, 0.29) is 18.0 Å². The van der Waals surface area contributed by atoms with Crippen LogP contribution in [0.5, 0.6) is 0 Å². The lowest BCUT2D eigenvalue weighted by atomic mass is 10.1. The van der Waals surface area contributed by atoms with Gasteiger partial charge in [-0.1, -0.05) is 48.5 Å². The van der Waals surface area contributed by atoms with Crippen LogP contribution in [0.2, 0.25) is 0 Å². The molecule has 0 aromatic heterocycles. The van der Waals surface area contributed by atoms with Gasteiger partial charge >= 0.3 is 12.1 Å². The minimum Gasteiger partial charge on any atom is -0.455 e. The summed E-state index contributed by atoms with van der Waals surface area (Å²) in [5.41, 5.74) is 0.233. The highest BCUT2D eigenvalue weighted by Crippen LogP contribution is 2.29. The summed E-state index contributed by atoms with van der Waals surface area (Å²) in [4.78, 5) is 23.6. The third-order valence-electron chi connectivity index (χ3n) is 3.64. The van der Waals surface area contributed by atoms with Crippen LogP contribution in [0.15, 0.2) is 54.6 Å². The molecule has 0 heterocycles. The number of alkyl halides is 3. The molecule has 0 spiro atoms. The largest absolute Gasteiger partial charge is 0.455 e. The molecule has 2 aromatic carbocycles. The van der Waals surface area contributed by atoms with Gasteiger partial charge in [0, 0.05) is 0 Å². The van der Waals surface area contributed by atoms with Crippen LogP contribution in [0.3, 0.4) is 0 Å². The van der Waals surface area contributed by atoms with E-state index in [1.807, 2.05) is 30.3 Å². The zero-order valence-corrected chi connectivity index (χ0v) is 14.0. The Hall–Kier alpha value is -2.83. The minimum absolute atomic E-state index is 0.169. The molecule has 0 aliphatic carbocycles. The van der Waals surface area contributed by atoms with Crippen molar-refractivity contribution in [3.8, 4) is 0 Å². The molecular weight excluding hydrogens is 347 g/mol. The number of carbonyl (C=O) groups excluding carboxylic acids is 2. The predicted molar refractivity (Wildman–Crippen MR) is 89.1 cm³/mol. The first-order valence-electron chi connectivity index (χ1n) is 7.92. The fraction of sp³-hybridized carbons (Fsp3) is 0.263. The van der Waals surface area contributed by atoms with E-state index in [0.717, 1.165) is 17.7 Å². The maximum atomic E-state index is 12.7. The topological polar surface area (TPSA) is 55.4 Å². The summed E-state index contributed by atoms with van der Waals surface area (Å²) in [5.74, 6) is -1.26. The van der Waals surface area contributed by atoms with E-state index in [9.17, 15) is 22.8 Å². The van der Waals surface area contributed by atoms with Crippen molar-refractivity contribution < 1.29 is 27.5 Å². The smallest absolute Gasteiger partial charge is 0.416 e. The number of ether oxygens (including phenoxy) is 1. The van der Waals surface area contributed by atoms with E-state index >= 15 is 0 Å². The van der Waals surface area contributed by atoms with Gasteiger partial charge in [-0.15, -0.1) is 0 Å². The lowest BCUT2D eigenvalue weighted by Gasteiger charge is -2.14. The first kappa shape index (κ1) is 19.5. The van der Waals surface area contributed by atoms with E-state index in [4.69, 9.17) is 4.74 Å². The number of hydrogen-bond acceptors (Lipinski definition) is 3. The van der Waals surface area contributed by atoms with E-state index in [0.29, 0.717) is 0 Å². The van der Waals surface area contributed by atoms with Gasteiger partial charge in [-0.2, -0.15) is 13.2 Å². The Morgan fingerprint density at radius 2 is 1.77 bits per heavy atom. The van der Waals surface area contributed by atoms with E-state index in [1.54, 1.807) is 6.92 Å². The summed E-state index contributed by atoms with van der Waals surface area (Å²) >= 11 is 0. The molecule has 0 bridgehead atoms. The lowest BCUT2D eigenvalue weighted by molar-refractivity contribution is -0.148. The molecule has 1 atom stereocenters. The minimum atomic E-state index is -4.48. The Balaban J connectivity index is 1.82. The van der Waals surface area contributed by atoms with Crippen molar-refractivity contribution in [3.63, 3.8) is 0 Å². The SMILES string of the molecule is C[C@H](NC(=O)COC(=O)Cc1cccc(C(F)(F)F)c1)c1ccccc1. The van der Waals surface area contributed by atoms with Gasteiger partial charge in [0.1, 0.15) is 0 Å². The number of benzene rings is 2. The van der Waals surface area contributed by atoms with Gasteiger partial charge < -0.3 is 10.1 Å². The van der Waals surface area contributed by atoms with Crippen LogP contribution in [0.1, 0.15) is 29.7 Å². The zero-order valence-electron chi connectivity index (χ0n) is 14.0. The number of halogens is 3. The average Bonchev–Trinajstić information content (AvgIpc) is 2.60. The summed E-state index contributed by atoms with van der Waals surface area (Å²) in [6, 6.07) is 13.4. The average molecular weight is 365 g/mol. The monoisotopic (exact) mass is 365 g/mol. The fourth-order valence-corrected chi connectivity index (χ4v) is 2.33. The number of amides is 1. The van der Waals surface area contributed by atoms with Crippen molar-refractivity contribution in [2.45, 2.75) is 25.6 Å². The highest BCUT2D eigenvalue weighted by atomic mass is 19.4. The quantitative estimate of drug-likeness (QED) is 0.795. The summed E-state index contributed by atoms with van der Waals surface area (Å²) in [6.07, 6.45) is -4.82. The molecule has 0 fully saturated rings. The van der Waals surface area contributed by atoms with Crippen molar-refractivity contribution in [2.24, 2.45) is 0 Å². The Morgan fingerprint density at radius 3 is 2.42 bits per heavy atom. The van der Waals surface area contributed by atoms with Gasteiger partial charge in [-0.3, -0.25) is 9.59 Å². The third kappa shape index (κ3) is 5.91. The van der Waals surface area contributed by atoms with Crippen LogP contribution in [-0.4, -0.2) is 18.5 Å². The Labute approximate surface area is 149 Å². The summed E-state index contributed by atoms with van der Waals surface area (Å²) in [7, 11) is 0. The first-order chi connectivity index (χ1) is 12.3. The standard InChI is InChI=1S/C19H18F3NO3/c1-13(15-7-3-2-4-8-15)23-17(24)12-26-18(25)11-14-6-5-9-16(10-14)19(20,21)22/h2-10,13H,11-12H2,1H3,(H,23,24)/t13-/m0/s1. The summed E-state index contributed by atoms with van der Waals surface area (Å²) < 4.78 is 42.8. The molecule has 26 heavy (non-hydrogen) atoms. The molecule has 1 N–H and O–H groups in total. The third-order valence-corrected chi connectivity index (χ3v) is 3.64. The summed E-state index contributed by atoms with van der Waals surface area (Å²) in [6.45, 7) is 1.30. The van der Waals surface area contributed by atoms with Gasteiger partial charge in [-0.05, 0) is 24.1 Å². The molecule has 0 aliphatic heterocycles. The van der Waals surface area contributed by atoms with E-state index < -0.39 is 30.2 Å². The molecule has 138 valence electrons. The number of esters is 1. The van der Waals surface area contributed by atoms with Gasteiger partial charge in [0.25, 0.3) is 5.91 Å². The number of carbonyl (C=O) groups is 2. The van der Waals surface area contributed by atoms with Crippen molar-refractivity contribution in [1.29, 1.82) is 0 Å². The van der Waals surface area contributed by atoms with Crippen LogP contribution < -0.4 is 5.32 Å². The van der Waals surface area contributed by atoms with Crippen LogP contribution in [0.4, 0.5) is 13.2 Å². The van der Waals surface area contributed by atoms with Crippen LogP contribution in [0, 0.1) is 0 Å². The van der Waals surface area contributed by atoms with Crippen molar-refractivity contribution in [1.82, 2.24) is 5.32 Å². The Kier molecular flexibility index (Phi) is 6.38. The number of rotatable bonds is 6. The molecule has 4 nitrogen and oxygen atoms in total. The molecule has 0 saturated heterocycles. The highest BCUT2D eigenvalue weighted by Gasteiger charge is 2.30. The first-order valence-corrected chi connectivity index (χ1v) is 7.92. The van der Waals surface area contributed by atoms with Crippen LogP contribution >= 0.6 is 0 Å². The van der Waals surface area contributed by atoms with Gasteiger partial charge in [0.2, 0.25) is 0 Å². The molecule has 2 rings (SSSR count). The maximum absolute atomic E-state index is 12.7. The van der Waals surface area contributed by atoms with Crippen molar-refractivity contribution in [3.05, 3.63) is 71.3 Å². The number of nitrogens with one attached hydrogen (secondary N) is 1. The van der Waals surface area contributed by atoms with Crippen LogP contribution in [0.25, 0.3) is 0 Å². The summed E-state index contributed by atoms with van der Waals surface area (Å²) in [5, 5.41) is 2.68. The van der Waals surface area contributed by atoms with Crippen molar-refractivity contribution >= 4 is 11.9 Å². The number of hydrogen-bond donors (Lipinski definition) is 1. The molecule has 2 aromatic rings. The van der Waals surface area contributed by atoms with Gasteiger partial charge in [-0.25, -0.2) is 0 Å². The maximum Gasteiger partial charge on any atom is 0.416 e. The second kappa shape index (κ2) is 8.51. The highest BCUT2D eigenvalue weighted by molar-refractivity contribution is 5.81. The molecule has 0 saturated carbocycles. The van der Waals surface area contributed by atoms with E-state index in [2.05, 4.69) is 5.32 Å². The normalized spacial score (nSPS) is 12.3. The zero-order chi connectivity index (χ0) is 19.2. The second-order valence-corrected chi connectivity index (χ2v) is 5.74. The molecule has 0 aliphatic rings. The van der Waals surface area contributed by atoms with Crippen LogP contribution in [-0.2, 0) is 26.9 Å². The fourth-order valence-electron chi connectivity index (χ4n) is 2.33. The van der Waals surface area contributed by atoms with E-state index in [1.165, 1.54) is 12.1 Å². The van der Waals surface area contributed by atoms with Gasteiger partial charge in [0.05, 0.1) is 18.0 Å². The molecule has 0 radical (unpaired) electrons. The Morgan fingerprint density at radius 1 is 1.08 bits per heavy atom. The molecule has 0 unspecified atom stereocenters. The lowest BCUT2D eigenvalue weighted by Crippen LogP contribution is -2.31. The second-order valence-electron chi connectivity index (χ2n) is 5.74. The van der Waals surface area contributed by atoms with Gasteiger partial charge in [0.15, 0.2) is 6.61 Å². The van der Waals surface area contributed by atoms with Crippen molar-refractivity contribution in [2.75, 3.05) is 6.61 Å². The Bertz CT molecular complexity index is 760. The predicted octanol–water partition coefficient (Wildman–Crippen LogP) is 3.67. The molecule has 7 heteroatoms. The molecular formula is C19H18F3NO3.